The fourth-order valence-corrected chi connectivity index (χ4v) is 1.25. The summed E-state index contributed by atoms with van der Waals surface area (Å²) in [6, 6.07) is 7.43. The molecule has 2 rings (SSSR count). The van der Waals surface area contributed by atoms with Gasteiger partial charge in [-0.15, -0.1) is 0 Å². The van der Waals surface area contributed by atoms with Crippen molar-refractivity contribution in [2.75, 3.05) is 13.2 Å². The molecule has 0 saturated carbocycles. The molecule has 1 fully saturated rings. The van der Waals surface area contributed by atoms with Crippen LogP contribution >= 0.6 is 0 Å². The van der Waals surface area contributed by atoms with E-state index in [0.717, 1.165) is 18.8 Å². The molecule has 0 unspecified atom stereocenters. The van der Waals surface area contributed by atoms with Crippen LogP contribution in [0.3, 0.4) is 0 Å². The molecule has 0 bridgehead atoms. The Balaban J connectivity index is 2.28. The Morgan fingerprint density at radius 3 is 2.55 bits per heavy atom. The molecule has 0 amide bonds. The van der Waals surface area contributed by atoms with Crippen LogP contribution in [0.1, 0.15) is 11.5 Å². The Morgan fingerprint density at radius 1 is 1.27 bits per heavy atom. The van der Waals surface area contributed by atoms with Crippen molar-refractivity contribution in [3.63, 3.8) is 0 Å². The summed E-state index contributed by atoms with van der Waals surface area (Å²) in [5.74, 6) is 0.803. The van der Waals surface area contributed by atoms with Gasteiger partial charge in [-0.05, 0) is 6.07 Å². The third kappa shape index (κ3) is 1.10. The maximum atomic E-state index is 9.39. The first-order chi connectivity index (χ1) is 5.38. The molecule has 1 aromatic carbocycles. The molecule has 1 aromatic rings. The number of hydrogen-bond acceptors (Lipinski definition) is 2. The van der Waals surface area contributed by atoms with Crippen LogP contribution in [0.25, 0.3) is 0 Å². The molecule has 1 heterocycles. The predicted octanol–water partition coefficient (Wildman–Crippen LogP) is 1.51. The van der Waals surface area contributed by atoms with Gasteiger partial charge in [-0.1, -0.05) is 18.2 Å². The van der Waals surface area contributed by atoms with Crippen LogP contribution in [0.15, 0.2) is 24.3 Å². The Labute approximate surface area is 65.4 Å². The van der Waals surface area contributed by atoms with E-state index in [2.05, 4.69) is 0 Å². The minimum atomic E-state index is 0.390. The van der Waals surface area contributed by atoms with Crippen molar-refractivity contribution >= 4 is 0 Å². The molecule has 1 aliphatic rings. The summed E-state index contributed by atoms with van der Waals surface area (Å²) in [7, 11) is 0. The summed E-state index contributed by atoms with van der Waals surface area (Å²) < 4.78 is 5.03. The number of ether oxygens (including phenoxy) is 1. The van der Waals surface area contributed by atoms with Crippen molar-refractivity contribution in [2.45, 2.75) is 5.92 Å². The van der Waals surface area contributed by atoms with Gasteiger partial charge in [0.2, 0.25) is 0 Å². The van der Waals surface area contributed by atoms with Gasteiger partial charge in [0.15, 0.2) is 0 Å². The monoisotopic (exact) mass is 150 g/mol. The number of hydrogen-bond donors (Lipinski definition) is 1. The number of phenolic OH excluding ortho intramolecular Hbond substituents is 1. The van der Waals surface area contributed by atoms with Crippen molar-refractivity contribution in [3.05, 3.63) is 29.8 Å². The molecule has 58 valence electrons. The van der Waals surface area contributed by atoms with Gasteiger partial charge in [0.25, 0.3) is 0 Å². The maximum Gasteiger partial charge on any atom is 0.119 e. The highest BCUT2D eigenvalue weighted by atomic mass is 16.5. The Morgan fingerprint density at radius 2 is 2.00 bits per heavy atom. The minimum Gasteiger partial charge on any atom is -0.508 e. The lowest BCUT2D eigenvalue weighted by molar-refractivity contribution is 0.00754. The Hall–Kier alpha value is -1.02. The topological polar surface area (TPSA) is 29.5 Å². The summed E-state index contributed by atoms with van der Waals surface area (Å²) >= 11 is 0. The lowest BCUT2D eigenvalue weighted by Crippen LogP contribution is -2.24. The van der Waals surface area contributed by atoms with E-state index < -0.39 is 0 Å². The van der Waals surface area contributed by atoms with Crippen LogP contribution in [-0.2, 0) is 4.74 Å². The molecular weight excluding hydrogens is 140 g/mol. The third-order valence-corrected chi connectivity index (χ3v) is 2.01. The predicted molar refractivity (Wildman–Crippen MR) is 41.7 cm³/mol. The van der Waals surface area contributed by atoms with Crippen molar-refractivity contribution in [2.24, 2.45) is 0 Å². The summed E-state index contributed by atoms with van der Waals surface area (Å²) in [5.41, 5.74) is 1.01. The molecule has 2 nitrogen and oxygen atoms in total. The van der Waals surface area contributed by atoms with Crippen LogP contribution in [-0.4, -0.2) is 18.3 Å². The maximum absolute atomic E-state index is 9.39. The van der Waals surface area contributed by atoms with Crippen LogP contribution in [0, 0.1) is 0 Å². The van der Waals surface area contributed by atoms with Gasteiger partial charge < -0.3 is 9.84 Å². The molecule has 1 N–H and O–H groups in total. The quantitative estimate of drug-likeness (QED) is 0.657. The number of aromatic hydroxyl groups is 1. The van der Waals surface area contributed by atoms with E-state index in [1.807, 2.05) is 18.2 Å². The first-order valence-corrected chi connectivity index (χ1v) is 3.73. The van der Waals surface area contributed by atoms with E-state index in [-0.39, 0.29) is 0 Å². The van der Waals surface area contributed by atoms with Crippen molar-refractivity contribution in [3.8, 4) is 5.75 Å². The van der Waals surface area contributed by atoms with Crippen LogP contribution < -0.4 is 0 Å². The molecule has 1 aliphatic heterocycles. The SMILES string of the molecule is Oc1ccccc1C1COC1. The normalized spacial score (nSPS) is 17.8. The molecule has 0 aromatic heterocycles. The molecular formula is C9H10O2. The summed E-state index contributed by atoms with van der Waals surface area (Å²) in [6.45, 7) is 1.50. The fourth-order valence-electron chi connectivity index (χ4n) is 1.25. The van der Waals surface area contributed by atoms with Gasteiger partial charge in [-0.3, -0.25) is 0 Å². The summed E-state index contributed by atoms with van der Waals surface area (Å²) in [4.78, 5) is 0. The Bertz CT molecular complexity index is 253. The van der Waals surface area contributed by atoms with E-state index >= 15 is 0 Å². The second kappa shape index (κ2) is 2.55. The second-order valence-corrected chi connectivity index (χ2v) is 2.79. The molecule has 0 atom stereocenters. The summed E-state index contributed by atoms with van der Waals surface area (Å²) in [6.07, 6.45) is 0. The van der Waals surface area contributed by atoms with Crippen molar-refractivity contribution in [1.29, 1.82) is 0 Å². The first-order valence-electron chi connectivity index (χ1n) is 3.73. The van der Waals surface area contributed by atoms with Crippen molar-refractivity contribution in [1.82, 2.24) is 0 Å². The van der Waals surface area contributed by atoms with E-state index in [1.165, 1.54) is 0 Å². The van der Waals surface area contributed by atoms with Gasteiger partial charge in [-0.2, -0.15) is 0 Å². The highest BCUT2D eigenvalue weighted by Gasteiger charge is 2.22. The first kappa shape index (κ1) is 6.68. The average molecular weight is 150 g/mol. The van der Waals surface area contributed by atoms with Gasteiger partial charge in [0.1, 0.15) is 5.75 Å². The molecule has 0 spiro atoms. The third-order valence-electron chi connectivity index (χ3n) is 2.01. The van der Waals surface area contributed by atoms with Gasteiger partial charge in [0.05, 0.1) is 13.2 Å². The van der Waals surface area contributed by atoms with E-state index in [1.54, 1.807) is 6.07 Å². The highest BCUT2D eigenvalue weighted by Crippen LogP contribution is 2.30. The molecule has 2 heteroatoms. The van der Waals surface area contributed by atoms with Gasteiger partial charge in [-0.25, -0.2) is 0 Å². The fraction of sp³-hybridized carbons (Fsp3) is 0.333. The van der Waals surface area contributed by atoms with E-state index in [4.69, 9.17) is 4.74 Å². The standard InChI is InChI=1S/C9H10O2/c10-9-4-2-1-3-8(9)7-5-11-6-7/h1-4,7,10H,5-6H2. The number of phenols is 1. The lowest BCUT2D eigenvalue weighted by atomic mass is 9.97. The zero-order valence-corrected chi connectivity index (χ0v) is 6.16. The number of benzene rings is 1. The van der Waals surface area contributed by atoms with Crippen LogP contribution in [0.5, 0.6) is 5.75 Å². The molecule has 0 aliphatic carbocycles. The summed E-state index contributed by atoms with van der Waals surface area (Å²) in [5, 5.41) is 9.39. The minimum absolute atomic E-state index is 0.390. The zero-order valence-electron chi connectivity index (χ0n) is 6.16. The number of rotatable bonds is 1. The van der Waals surface area contributed by atoms with E-state index in [0.29, 0.717) is 11.7 Å². The number of para-hydroxylation sites is 1. The highest BCUT2D eigenvalue weighted by molar-refractivity contribution is 5.35. The van der Waals surface area contributed by atoms with Gasteiger partial charge >= 0.3 is 0 Å². The van der Waals surface area contributed by atoms with Crippen LogP contribution in [0.4, 0.5) is 0 Å². The van der Waals surface area contributed by atoms with Gasteiger partial charge in [0, 0.05) is 11.5 Å². The second-order valence-electron chi connectivity index (χ2n) is 2.79. The molecule has 1 saturated heterocycles. The van der Waals surface area contributed by atoms with E-state index in [9.17, 15) is 5.11 Å². The van der Waals surface area contributed by atoms with Crippen LogP contribution in [0.2, 0.25) is 0 Å². The Kier molecular flexibility index (Phi) is 1.55. The zero-order chi connectivity index (χ0) is 7.68. The average Bonchev–Trinajstić information content (AvgIpc) is 1.90. The molecule has 11 heavy (non-hydrogen) atoms. The largest absolute Gasteiger partial charge is 0.508 e. The van der Waals surface area contributed by atoms with Crippen molar-refractivity contribution < 1.29 is 9.84 Å². The molecule has 0 radical (unpaired) electrons. The lowest BCUT2D eigenvalue weighted by Gasteiger charge is -2.26. The smallest absolute Gasteiger partial charge is 0.119 e.